The van der Waals surface area contributed by atoms with Gasteiger partial charge in [0.2, 0.25) is 0 Å². The average molecular weight is 387 g/mol. The monoisotopic (exact) mass is 387 g/mol. The van der Waals surface area contributed by atoms with Crippen molar-refractivity contribution in [2.24, 2.45) is 0 Å². The molecule has 148 valence electrons. The lowest BCUT2D eigenvalue weighted by Crippen LogP contribution is -2.42. The van der Waals surface area contributed by atoms with Crippen LogP contribution in [0, 0.1) is 0 Å². The van der Waals surface area contributed by atoms with Crippen molar-refractivity contribution in [2.45, 2.75) is 32.0 Å². The van der Waals surface area contributed by atoms with Gasteiger partial charge in [0.25, 0.3) is 5.91 Å². The zero-order valence-corrected chi connectivity index (χ0v) is 16.4. The minimum absolute atomic E-state index is 0.0147. The van der Waals surface area contributed by atoms with Gasteiger partial charge in [-0.05, 0) is 61.2 Å². The smallest absolute Gasteiger partial charge is 0.258 e. The minimum Gasteiger partial charge on any atom is -0.467 e. The lowest BCUT2D eigenvalue weighted by molar-refractivity contribution is 0.0651. The Kier molecular flexibility index (Phi) is 4.72. The first-order valence-electron chi connectivity index (χ1n) is 10.3. The van der Waals surface area contributed by atoms with Gasteiger partial charge in [0.1, 0.15) is 11.9 Å². The maximum Gasteiger partial charge on any atom is 0.258 e. The van der Waals surface area contributed by atoms with Crippen LogP contribution in [0.2, 0.25) is 0 Å². The molecule has 1 saturated heterocycles. The van der Waals surface area contributed by atoms with E-state index >= 15 is 0 Å². The van der Waals surface area contributed by atoms with E-state index in [9.17, 15) is 4.79 Å². The molecule has 1 fully saturated rings. The van der Waals surface area contributed by atoms with E-state index in [1.807, 2.05) is 41.3 Å². The van der Waals surface area contributed by atoms with Crippen LogP contribution in [0.3, 0.4) is 0 Å². The second-order valence-electron chi connectivity index (χ2n) is 7.74. The molecule has 3 heterocycles. The molecular weight excluding hydrogens is 362 g/mol. The number of carbonyl (C=O) groups excluding carboxylic acids is 1. The Hall–Kier alpha value is -3.21. The van der Waals surface area contributed by atoms with Crippen LogP contribution in [-0.4, -0.2) is 23.9 Å². The quantitative estimate of drug-likeness (QED) is 0.682. The molecule has 5 heteroatoms. The van der Waals surface area contributed by atoms with Crippen LogP contribution in [0.25, 0.3) is 0 Å². The number of nitrogens with one attached hydrogen (secondary N) is 1. The molecular formula is C24H25N3O2. The summed E-state index contributed by atoms with van der Waals surface area (Å²) in [7, 11) is 0. The van der Waals surface area contributed by atoms with E-state index in [-0.39, 0.29) is 12.1 Å². The Balaban J connectivity index is 1.46. The van der Waals surface area contributed by atoms with Crippen molar-refractivity contribution < 1.29 is 9.21 Å². The number of anilines is 2. The predicted molar refractivity (Wildman–Crippen MR) is 114 cm³/mol. The standard InChI is InChI=1S/C24H25N3O2/c28-24-21-8-2-3-9-22(21)25-23(27(24)17-20-7-6-16-29-20)18-10-12-19(13-11-18)26-14-4-1-5-15-26/h2-3,6-13,16,23,25H,1,4-5,14-15,17H2/t23-/m1/s1. The summed E-state index contributed by atoms with van der Waals surface area (Å²) in [5.74, 6) is 0.787. The Morgan fingerprint density at radius 3 is 2.48 bits per heavy atom. The molecule has 2 aromatic carbocycles. The van der Waals surface area contributed by atoms with E-state index in [1.54, 1.807) is 6.26 Å². The zero-order valence-electron chi connectivity index (χ0n) is 16.4. The number of carbonyl (C=O) groups is 1. The molecule has 29 heavy (non-hydrogen) atoms. The van der Waals surface area contributed by atoms with Crippen molar-refractivity contribution >= 4 is 17.3 Å². The van der Waals surface area contributed by atoms with Crippen molar-refractivity contribution in [1.82, 2.24) is 4.90 Å². The van der Waals surface area contributed by atoms with Gasteiger partial charge in [0.15, 0.2) is 0 Å². The van der Waals surface area contributed by atoms with Crippen LogP contribution in [0.15, 0.2) is 71.3 Å². The highest BCUT2D eigenvalue weighted by Crippen LogP contribution is 2.35. The van der Waals surface area contributed by atoms with Gasteiger partial charge in [0.05, 0.1) is 18.4 Å². The Morgan fingerprint density at radius 2 is 1.72 bits per heavy atom. The molecule has 1 N–H and O–H groups in total. The molecule has 2 aliphatic heterocycles. The van der Waals surface area contributed by atoms with Crippen LogP contribution >= 0.6 is 0 Å². The van der Waals surface area contributed by atoms with Gasteiger partial charge in [0, 0.05) is 24.5 Å². The second kappa shape index (κ2) is 7.66. The predicted octanol–water partition coefficient (Wildman–Crippen LogP) is 5.04. The van der Waals surface area contributed by atoms with E-state index in [1.165, 1.54) is 24.9 Å². The third-order valence-corrected chi connectivity index (χ3v) is 5.86. The molecule has 0 radical (unpaired) electrons. The fraction of sp³-hybridized carbons (Fsp3) is 0.292. The number of piperidine rings is 1. The number of hydrogen-bond donors (Lipinski definition) is 1. The Bertz CT molecular complexity index is 976. The summed E-state index contributed by atoms with van der Waals surface area (Å²) >= 11 is 0. The van der Waals surface area contributed by atoms with Gasteiger partial charge < -0.3 is 19.5 Å². The van der Waals surface area contributed by atoms with Crippen LogP contribution in [0.5, 0.6) is 0 Å². The summed E-state index contributed by atoms with van der Waals surface area (Å²) in [5, 5.41) is 3.56. The number of amides is 1. The third-order valence-electron chi connectivity index (χ3n) is 5.86. The zero-order chi connectivity index (χ0) is 19.6. The maximum atomic E-state index is 13.3. The molecule has 5 nitrogen and oxygen atoms in total. The largest absolute Gasteiger partial charge is 0.467 e. The molecule has 0 spiro atoms. The van der Waals surface area contributed by atoms with E-state index in [4.69, 9.17) is 4.42 Å². The number of nitrogens with zero attached hydrogens (tertiary/aromatic N) is 2. The highest BCUT2D eigenvalue weighted by Gasteiger charge is 2.33. The van der Waals surface area contributed by atoms with E-state index in [0.29, 0.717) is 12.1 Å². The van der Waals surface area contributed by atoms with Crippen LogP contribution in [0.1, 0.15) is 47.1 Å². The van der Waals surface area contributed by atoms with E-state index in [0.717, 1.165) is 30.1 Å². The molecule has 1 atom stereocenters. The van der Waals surface area contributed by atoms with Crippen LogP contribution in [-0.2, 0) is 6.54 Å². The summed E-state index contributed by atoms with van der Waals surface area (Å²) < 4.78 is 5.53. The lowest BCUT2D eigenvalue weighted by Gasteiger charge is -2.38. The van der Waals surface area contributed by atoms with Gasteiger partial charge in [-0.3, -0.25) is 4.79 Å². The summed E-state index contributed by atoms with van der Waals surface area (Å²) in [6, 6.07) is 20.1. The highest BCUT2D eigenvalue weighted by molar-refractivity contribution is 6.01. The fourth-order valence-corrected chi connectivity index (χ4v) is 4.31. The molecule has 1 amide bonds. The Morgan fingerprint density at radius 1 is 0.931 bits per heavy atom. The maximum absolute atomic E-state index is 13.3. The molecule has 3 aromatic rings. The fourth-order valence-electron chi connectivity index (χ4n) is 4.31. The molecule has 0 bridgehead atoms. The van der Waals surface area contributed by atoms with Crippen molar-refractivity contribution in [1.29, 1.82) is 0 Å². The molecule has 0 saturated carbocycles. The molecule has 2 aliphatic rings. The first-order chi connectivity index (χ1) is 14.3. The minimum atomic E-state index is -0.238. The van der Waals surface area contributed by atoms with Gasteiger partial charge in [-0.25, -0.2) is 0 Å². The van der Waals surface area contributed by atoms with Crippen LogP contribution < -0.4 is 10.2 Å². The number of para-hydroxylation sites is 1. The normalized spacial score (nSPS) is 19.0. The van der Waals surface area contributed by atoms with E-state index < -0.39 is 0 Å². The van der Waals surface area contributed by atoms with Crippen molar-refractivity contribution in [3.63, 3.8) is 0 Å². The summed E-state index contributed by atoms with van der Waals surface area (Å²) in [6.07, 6.45) is 5.25. The third kappa shape index (κ3) is 3.48. The van der Waals surface area contributed by atoms with Crippen LogP contribution in [0.4, 0.5) is 11.4 Å². The molecule has 0 aliphatic carbocycles. The van der Waals surface area contributed by atoms with Crippen molar-refractivity contribution in [3.05, 3.63) is 83.8 Å². The van der Waals surface area contributed by atoms with Gasteiger partial charge >= 0.3 is 0 Å². The number of hydrogen-bond acceptors (Lipinski definition) is 4. The molecule has 5 rings (SSSR count). The van der Waals surface area contributed by atoms with Gasteiger partial charge in [-0.2, -0.15) is 0 Å². The summed E-state index contributed by atoms with van der Waals surface area (Å²) in [6.45, 7) is 2.67. The van der Waals surface area contributed by atoms with Crippen molar-refractivity contribution in [3.8, 4) is 0 Å². The van der Waals surface area contributed by atoms with Crippen molar-refractivity contribution in [2.75, 3.05) is 23.3 Å². The first kappa shape index (κ1) is 17.9. The number of rotatable bonds is 4. The average Bonchev–Trinajstić information content (AvgIpc) is 3.30. The second-order valence-corrected chi connectivity index (χ2v) is 7.74. The molecule has 1 aromatic heterocycles. The highest BCUT2D eigenvalue weighted by atomic mass is 16.3. The topological polar surface area (TPSA) is 48.7 Å². The lowest BCUT2D eigenvalue weighted by atomic mass is 10.0. The number of furan rings is 1. The number of benzene rings is 2. The van der Waals surface area contributed by atoms with Gasteiger partial charge in [-0.1, -0.05) is 24.3 Å². The van der Waals surface area contributed by atoms with E-state index in [2.05, 4.69) is 34.5 Å². The SMILES string of the molecule is O=C1c2ccccc2N[C@@H](c2ccc(N3CCCCC3)cc2)N1Cc1ccco1. The Labute approximate surface area is 170 Å². The summed E-state index contributed by atoms with van der Waals surface area (Å²) in [4.78, 5) is 17.6. The summed E-state index contributed by atoms with van der Waals surface area (Å²) in [5.41, 5.74) is 3.90. The first-order valence-corrected chi connectivity index (χ1v) is 10.3. The molecule has 0 unspecified atom stereocenters. The number of fused-ring (bicyclic) bond motifs is 1. The van der Waals surface area contributed by atoms with Gasteiger partial charge in [-0.15, -0.1) is 0 Å².